The molecule has 0 saturated carbocycles. The van der Waals surface area contributed by atoms with Crippen molar-refractivity contribution in [2.24, 2.45) is 0 Å². The Labute approximate surface area is 401 Å². The molecule has 1 aliphatic rings. The fraction of sp³-hybridized carbons (Fsp3) is 0.729. The molecule has 65 heavy (non-hydrogen) atoms. The van der Waals surface area contributed by atoms with Crippen LogP contribution in [0.3, 0.4) is 0 Å². The molecule has 0 fully saturated rings. The summed E-state index contributed by atoms with van der Waals surface area (Å²) in [5.41, 5.74) is 4.79. The van der Waals surface area contributed by atoms with Crippen molar-refractivity contribution in [3.8, 4) is 11.1 Å². The van der Waals surface area contributed by atoms with Gasteiger partial charge in [-0.05, 0) is 39.5 Å². The molecule has 17 heteroatoms. The number of carbonyl (C=O) groups excluding carboxylic acids is 1. The van der Waals surface area contributed by atoms with Gasteiger partial charge in [0.1, 0.15) is 6.61 Å². The number of rotatable bonds is 47. The van der Waals surface area contributed by atoms with E-state index in [2.05, 4.69) is 46.9 Å². The van der Waals surface area contributed by atoms with Crippen LogP contribution in [0.15, 0.2) is 48.5 Å². The minimum Gasteiger partial charge on any atom is -0.448 e. The van der Waals surface area contributed by atoms with Crippen molar-refractivity contribution in [3.05, 3.63) is 59.7 Å². The predicted molar refractivity (Wildman–Crippen MR) is 256 cm³/mol. The van der Waals surface area contributed by atoms with Gasteiger partial charge in [0.2, 0.25) is 0 Å². The van der Waals surface area contributed by atoms with Crippen molar-refractivity contribution in [2.45, 2.75) is 31.6 Å². The maximum absolute atomic E-state index is 12.6. The van der Waals surface area contributed by atoms with Gasteiger partial charge in [-0.2, -0.15) is 0 Å². The van der Waals surface area contributed by atoms with E-state index in [1.54, 1.807) is 7.05 Å². The number of unbranched alkanes of at least 4 members (excludes halogenated alkanes) is 3. The van der Waals surface area contributed by atoms with Gasteiger partial charge in [0.15, 0.2) is 0 Å². The highest BCUT2D eigenvalue weighted by atomic mass is 127. The number of fused-ring (bicyclic) bond motifs is 3. The summed E-state index contributed by atoms with van der Waals surface area (Å²) in [5.74, 6) is 0.0359. The SMILES string of the molecule is CN(CCOCCOCCOCCOCCOCCOCCOCCOCCOCCOCCOCCOCCOCCCCCCI)C(=O)OCC1c2ccccc2-c2ccccc21. The maximum Gasteiger partial charge on any atom is 0.409 e. The Bertz CT molecular complexity index is 1350. The highest BCUT2D eigenvalue weighted by molar-refractivity contribution is 14.1. The molecule has 16 nitrogen and oxygen atoms in total. The van der Waals surface area contributed by atoms with Crippen LogP contribution in [0.1, 0.15) is 42.7 Å². The number of benzene rings is 2. The van der Waals surface area contributed by atoms with Gasteiger partial charge in [-0.15, -0.1) is 0 Å². The van der Waals surface area contributed by atoms with Crippen LogP contribution in [0.5, 0.6) is 0 Å². The van der Waals surface area contributed by atoms with Gasteiger partial charge in [0.05, 0.1) is 165 Å². The fourth-order valence-corrected chi connectivity index (χ4v) is 6.93. The molecule has 0 bridgehead atoms. The zero-order valence-electron chi connectivity index (χ0n) is 39.0. The number of carbonyl (C=O) groups is 1. The zero-order chi connectivity index (χ0) is 45.9. The molecule has 3 rings (SSSR count). The van der Waals surface area contributed by atoms with E-state index in [0.29, 0.717) is 178 Å². The summed E-state index contributed by atoms with van der Waals surface area (Å²) < 4.78 is 78.9. The number of alkyl halides is 1. The molecule has 1 aliphatic carbocycles. The minimum absolute atomic E-state index is 0.0359. The third-order valence-corrected chi connectivity index (χ3v) is 10.6. The summed E-state index contributed by atoms with van der Waals surface area (Å²) in [5, 5.41) is 0. The number of halogens is 1. The van der Waals surface area contributed by atoms with Crippen LogP contribution in [0.4, 0.5) is 4.79 Å². The highest BCUT2D eigenvalue weighted by Gasteiger charge is 2.29. The zero-order valence-corrected chi connectivity index (χ0v) is 41.1. The molecule has 0 unspecified atom stereocenters. The van der Waals surface area contributed by atoms with Crippen molar-refractivity contribution < 1.29 is 71.1 Å². The van der Waals surface area contributed by atoms with E-state index in [-0.39, 0.29) is 12.0 Å². The molecule has 2 aromatic rings. The van der Waals surface area contributed by atoms with Crippen LogP contribution in [-0.2, 0) is 66.3 Å². The monoisotopic (exact) mass is 1040 g/mol. The Hall–Kier alpha value is -2.08. The first-order chi connectivity index (χ1) is 32.2. The average molecular weight is 1040 g/mol. The molecule has 372 valence electrons. The first-order valence-corrected chi connectivity index (χ1v) is 24.9. The molecule has 0 saturated heterocycles. The summed E-state index contributed by atoms with van der Waals surface area (Å²) in [4.78, 5) is 14.2. The number of hydrogen-bond acceptors (Lipinski definition) is 15. The Morgan fingerprint density at radius 2 is 0.708 bits per heavy atom. The van der Waals surface area contributed by atoms with Gasteiger partial charge < -0.3 is 71.2 Å². The van der Waals surface area contributed by atoms with Gasteiger partial charge >= 0.3 is 6.09 Å². The summed E-state index contributed by atoms with van der Waals surface area (Å²) in [6.45, 7) is 14.1. The molecular formula is C48H78INO15. The lowest BCUT2D eigenvalue weighted by Crippen LogP contribution is -2.32. The molecule has 0 spiro atoms. The number of hydrogen-bond donors (Lipinski definition) is 0. The maximum atomic E-state index is 12.6. The van der Waals surface area contributed by atoms with Gasteiger partial charge in [-0.3, -0.25) is 0 Å². The third kappa shape index (κ3) is 29.4. The van der Waals surface area contributed by atoms with E-state index in [9.17, 15) is 4.79 Å². The molecule has 2 aromatic carbocycles. The first-order valence-electron chi connectivity index (χ1n) is 23.3. The quantitative estimate of drug-likeness (QED) is 0.0428. The number of amides is 1. The highest BCUT2D eigenvalue weighted by Crippen LogP contribution is 2.44. The van der Waals surface area contributed by atoms with Crippen LogP contribution >= 0.6 is 22.6 Å². The van der Waals surface area contributed by atoms with Crippen molar-refractivity contribution in [3.63, 3.8) is 0 Å². The Balaban J connectivity index is 0.919. The summed E-state index contributed by atoms with van der Waals surface area (Å²) in [6, 6.07) is 16.6. The predicted octanol–water partition coefficient (Wildman–Crippen LogP) is 6.08. The van der Waals surface area contributed by atoms with Gasteiger partial charge in [0, 0.05) is 26.1 Å². The lowest BCUT2D eigenvalue weighted by Gasteiger charge is -2.19. The molecule has 1 amide bonds. The molecular weight excluding hydrogens is 957 g/mol. The van der Waals surface area contributed by atoms with Crippen LogP contribution in [0.2, 0.25) is 0 Å². The average Bonchev–Trinajstić information content (AvgIpc) is 3.65. The van der Waals surface area contributed by atoms with E-state index >= 15 is 0 Å². The fourth-order valence-electron chi connectivity index (χ4n) is 6.39. The number of ether oxygens (including phenoxy) is 14. The van der Waals surface area contributed by atoms with Crippen LogP contribution < -0.4 is 0 Å². The van der Waals surface area contributed by atoms with Gasteiger partial charge in [0.25, 0.3) is 0 Å². The molecule has 0 atom stereocenters. The molecule has 0 aliphatic heterocycles. The van der Waals surface area contributed by atoms with Crippen LogP contribution in [0, 0.1) is 0 Å². The van der Waals surface area contributed by atoms with Crippen molar-refractivity contribution in [2.75, 3.05) is 196 Å². The van der Waals surface area contributed by atoms with Crippen molar-refractivity contribution in [1.82, 2.24) is 4.90 Å². The van der Waals surface area contributed by atoms with Crippen molar-refractivity contribution in [1.29, 1.82) is 0 Å². The Morgan fingerprint density at radius 3 is 1.05 bits per heavy atom. The van der Waals surface area contributed by atoms with E-state index in [1.165, 1.54) is 50.8 Å². The third-order valence-electron chi connectivity index (χ3n) is 9.86. The Kier molecular flexibility index (Phi) is 37.0. The standard InChI is InChI=1S/C48H78INO15/c1-50(48(51)65-42-47-45-12-6-4-10-43(45)44-11-5-7-13-46(44)47)15-17-53-19-21-55-23-25-57-27-29-59-31-33-61-35-37-63-39-41-64-40-38-62-36-34-60-32-30-58-28-26-56-24-22-54-20-18-52-16-9-3-2-8-14-49/h4-7,10-13,47H,2-3,8-9,14-42H2,1H3. The second-order valence-electron chi connectivity index (χ2n) is 14.8. The largest absolute Gasteiger partial charge is 0.448 e. The minimum atomic E-state index is -0.365. The number of likely N-dealkylation sites (N-methyl/N-ethyl adjacent to an activating group) is 1. The normalized spacial score (nSPS) is 12.2. The topological polar surface area (TPSA) is 150 Å². The molecule has 0 aromatic heterocycles. The van der Waals surface area contributed by atoms with Gasteiger partial charge in [-0.1, -0.05) is 84.0 Å². The first kappa shape index (κ1) is 57.2. The second-order valence-corrected chi connectivity index (χ2v) is 15.9. The van der Waals surface area contributed by atoms with E-state index in [0.717, 1.165) is 13.0 Å². The van der Waals surface area contributed by atoms with Crippen LogP contribution in [-0.4, -0.2) is 207 Å². The summed E-state index contributed by atoms with van der Waals surface area (Å²) >= 11 is 2.42. The summed E-state index contributed by atoms with van der Waals surface area (Å²) in [7, 11) is 1.72. The van der Waals surface area contributed by atoms with Gasteiger partial charge in [-0.25, -0.2) is 4.79 Å². The Morgan fingerprint density at radius 1 is 0.415 bits per heavy atom. The van der Waals surface area contributed by atoms with E-state index in [4.69, 9.17) is 66.3 Å². The lowest BCUT2D eigenvalue weighted by molar-refractivity contribution is -0.0291. The summed E-state index contributed by atoms with van der Waals surface area (Å²) in [6.07, 6.45) is 4.59. The van der Waals surface area contributed by atoms with Crippen LogP contribution in [0.25, 0.3) is 11.1 Å². The molecule has 0 N–H and O–H groups in total. The van der Waals surface area contributed by atoms with E-state index in [1.807, 2.05) is 24.3 Å². The molecule has 0 radical (unpaired) electrons. The lowest BCUT2D eigenvalue weighted by atomic mass is 9.98. The number of nitrogens with zero attached hydrogens (tertiary/aromatic N) is 1. The molecule has 0 heterocycles. The smallest absolute Gasteiger partial charge is 0.409 e. The second kappa shape index (κ2) is 42.1. The van der Waals surface area contributed by atoms with E-state index < -0.39 is 0 Å². The van der Waals surface area contributed by atoms with Crippen molar-refractivity contribution >= 4 is 28.7 Å².